The second kappa shape index (κ2) is 6.97. The first kappa shape index (κ1) is 16.8. The summed E-state index contributed by atoms with van der Waals surface area (Å²) >= 11 is 0. The number of azide groups is 1. The number of carbonyl (C=O) groups is 1. The van der Waals surface area contributed by atoms with Gasteiger partial charge in [0.15, 0.2) is 6.04 Å². The molecule has 7 nitrogen and oxygen atoms in total. The lowest BCUT2D eigenvalue weighted by Crippen LogP contribution is -2.34. The summed E-state index contributed by atoms with van der Waals surface area (Å²) in [7, 11) is 1.52. The minimum absolute atomic E-state index is 0.430. The van der Waals surface area contributed by atoms with E-state index in [1.807, 2.05) is 0 Å². The molecule has 0 aliphatic heterocycles. The van der Waals surface area contributed by atoms with Crippen LogP contribution in [0.15, 0.2) is 29.4 Å². The SMILES string of the molecule is COc1ccc(C(O)C(N=[N+]=[N-])C(=O)OC(C)(C)C)cc1. The number of carbonyl (C=O) groups excluding carboxylic acids is 1. The lowest BCUT2D eigenvalue weighted by molar-refractivity contribution is -0.159. The lowest BCUT2D eigenvalue weighted by atomic mass is 10.0. The molecule has 0 saturated carbocycles. The van der Waals surface area contributed by atoms with Crippen LogP contribution in [0.4, 0.5) is 0 Å². The molecule has 7 heteroatoms. The lowest BCUT2D eigenvalue weighted by Gasteiger charge is -2.24. The third-order valence-electron chi connectivity index (χ3n) is 2.58. The summed E-state index contributed by atoms with van der Waals surface area (Å²) < 4.78 is 10.2. The Morgan fingerprint density at radius 2 is 1.90 bits per heavy atom. The number of nitrogens with zero attached hydrogens (tertiary/aromatic N) is 3. The van der Waals surface area contributed by atoms with Gasteiger partial charge in [-0.2, -0.15) is 0 Å². The Kier molecular flexibility index (Phi) is 5.58. The Labute approximate surface area is 123 Å². The molecule has 0 amide bonds. The number of benzene rings is 1. The van der Waals surface area contributed by atoms with Crippen molar-refractivity contribution in [2.45, 2.75) is 38.5 Å². The van der Waals surface area contributed by atoms with Gasteiger partial charge in [-0.05, 0) is 44.0 Å². The minimum Gasteiger partial charge on any atom is -0.497 e. The summed E-state index contributed by atoms with van der Waals surface area (Å²) in [5.74, 6) is -0.160. The highest BCUT2D eigenvalue weighted by Gasteiger charge is 2.31. The molecule has 0 fully saturated rings. The fraction of sp³-hybridized carbons (Fsp3) is 0.500. The average molecular weight is 293 g/mol. The summed E-state index contributed by atoms with van der Waals surface area (Å²) in [6.07, 6.45) is -1.29. The maximum absolute atomic E-state index is 12.0. The van der Waals surface area contributed by atoms with Gasteiger partial charge in [0.05, 0.1) is 13.2 Å². The Balaban J connectivity index is 2.98. The first-order valence-electron chi connectivity index (χ1n) is 6.37. The molecule has 21 heavy (non-hydrogen) atoms. The summed E-state index contributed by atoms with van der Waals surface area (Å²) in [6, 6.07) is 5.12. The first-order chi connectivity index (χ1) is 9.78. The number of aliphatic hydroxyl groups excluding tert-OH is 1. The molecule has 0 aliphatic carbocycles. The molecule has 0 radical (unpaired) electrons. The van der Waals surface area contributed by atoms with Crippen LogP contribution in [0.3, 0.4) is 0 Å². The van der Waals surface area contributed by atoms with E-state index in [-0.39, 0.29) is 0 Å². The zero-order valence-electron chi connectivity index (χ0n) is 12.5. The summed E-state index contributed by atoms with van der Waals surface area (Å²) in [5.41, 5.74) is 8.27. The van der Waals surface area contributed by atoms with Gasteiger partial charge >= 0.3 is 5.97 Å². The topological polar surface area (TPSA) is 105 Å². The van der Waals surface area contributed by atoms with Gasteiger partial charge in [-0.25, -0.2) is 0 Å². The van der Waals surface area contributed by atoms with Crippen molar-refractivity contribution in [3.63, 3.8) is 0 Å². The van der Waals surface area contributed by atoms with Gasteiger partial charge in [-0.15, -0.1) is 0 Å². The largest absolute Gasteiger partial charge is 0.497 e. The molecule has 2 atom stereocenters. The van der Waals surface area contributed by atoms with E-state index in [2.05, 4.69) is 10.0 Å². The van der Waals surface area contributed by atoms with Crippen LogP contribution in [0.1, 0.15) is 32.4 Å². The van der Waals surface area contributed by atoms with Crippen LogP contribution in [0, 0.1) is 0 Å². The molecule has 114 valence electrons. The molecular weight excluding hydrogens is 274 g/mol. The van der Waals surface area contributed by atoms with Gasteiger partial charge in [0, 0.05) is 4.91 Å². The van der Waals surface area contributed by atoms with Crippen LogP contribution in [-0.2, 0) is 9.53 Å². The quantitative estimate of drug-likeness (QED) is 0.390. The summed E-state index contributed by atoms with van der Waals surface area (Å²) in [5, 5.41) is 13.6. The molecule has 0 aliphatic rings. The molecule has 0 bridgehead atoms. The maximum atomic E-state index is 12.0. The molecular formula is C14H19N3O4. The molecule has 0 heterocycles. The number of aliphatic hydroxyl groups is 1. The molecule has 1 aromatic rings. The average Bonchev–Trinajstić information content (AvgIpc) is 2.42. The van der Waals surface area contributed by atoms with Gasteiger partial charge in [0.25, 0.3) is 0 Å². The standard InChI is InChI=1S/C14H19N3O4/c1-14(2,3)21-13(19)11(16-17-15)12(18)9-5-7-10(20-4)8-6-9/h5-8,11-12,18H,1-4H3. The minimum atomic E-state index is -1.34. The van der Waals surface area contributed by atoms with E-state index in [1.165, 1.54) is 7.11 Å². The van der Waals surface area contributed by atoms with Crippen molar-refractivity contribution in [1.29, 1.82) is 0 Å². The number of methoxy groups -OCH3 is 1. The van der Waals surface area contributed by atoms with Gasteiger partial charge in [0.2, 0.25) is 0 Å². The monoisotopic (exact) mass is 293 g/mol. The number of rotatable bonds is 5. The van der Waals surface area contributed by atoms with Gasteiger partial charge in [0.1, 0.15) is 11.4 Å². The highest BCUT2D eigenvalue weighted by Crippen LogP contribution is 2.24. The van der Waals surface area contributed by atoms with Crippen LogP contribution >= 0.6 is 0 Å². The van der Waals surface area contributed by atoms with E-state index in [9.17, 15) is 9.90 Å². The Morgan fingerprint density at radius 1 is 1.33 bits per heavy atom. The number of hydrogen-bond donors (Lipinski definition) is 1. The smallest absolute Gasteiger partial charge is 0.318 e. The van der Waals surface area contributed by atoms with Crippen LogP contribution in [0.2, 0.25) is 0 Å². The molecule has 1 aromatic carbocycles. The van der Waals surface area contributed by atoms with Crippen molar-refractivity contribution >= 4 is 5.97 Å². The second-order valence-corrected chi connectivity index (χ2v) is 5.40. The summed E-state index contributed by atoms with van der Waals surface area (Å²) in [6.45, 7) is 5.08. The van der Waals surface area contributed by atoms with Gasteiger partial charge in [-0.3, -0.25) is 4.79 Å². The van der Waals surface area contributed by atoms with E-state index in [0.29, 0.717) is 11.3 Å². The van der Waals surface area contributed by atoms with Crippen molar-refractivity contribution in [2.24, 2.45) is 5.11 Å². The van der Waals surface area contributed by atoms with Crippen molar-refractivity contribution in [3.05, 3.63) is 40.3 Å². The third kappa shape index (κ3) is 4.98. The predicted molar refractivity (Wildman–Crippen MR) is 76.7 cm³/mol. The first-order valence-corrected chi connectivity index (χ1v) is 6.37. The summed E-state index contributed by atoms with van der Waals surface area (Å²) in [4.78, 5) is 14.6. The highest BCUT2D eigenvalue weighted by atomic mass is 16.6. The van der Waals surface area contributed by atoms with E-state index in [1.54, 1.807) is 45.0 Å². The van der Waals surface area contributed by atoms with Crippen LogP contribution in [0.25, 0.3) is 10.4 Å². The van der Waals surface area contributed by atoms with Gasteiger partial charge in [-0.1, -0.05) is 17.2 Å². The van der Waals surface area contributed by atoms with E-state index < -0.39 is 23.7 Å². The highest BCUT2D eigenvalue weighted by molar-refractivity contribution is 5.77. The Bertz CT molecular complexity index is 530. The van der Waals surface area contributed by atoms with Crippen LogP contribution in [0.5, 0.6) is 5.75 Å². The molecule has 2 unspecified atom stereocenters. The molecule has 0 spiro atoms. The number of hydrogen-bond acceptors (Lipinski definition) is 5. The van der Waals surface area contributed by atoms with Crippen molar-refractivity contribution in [3.8, 4) is 5.75 Å². The van der Waals surface area contributed by atoms with Crippen molar-refractivity contribution in [2.75, 3.05) is 7.11 Å². The Morgan fingerprint density at radius 3 is 2.33 bits per heavy atom. The van der Waals surface area contributed by atoms with Crippen LogP contribution in [-0.4, -0.2) is 29.8 Å². The zero-order chi connectivity index (χ0) is 16.0. The Hall–Kier alpha value is -2.24. The van der Waals surface area contributed by atoms with E-state index in [4.69, 9.17) is 15.0 Å². The maximum Gasteiger partial charge on any atom is 0.318 e. The van der Waals surface area contributed by atoms with E-state index >= 15 is 0 Å². The molecule has 0 aromatic heterocycles. The fourth-order valence-corrected chi connectivity index (χ4v) is 1.64. The third-order valence-corrected chi connectivity index (χ3v) is 2.58. The zero-order valence-corrected chi connectivity index (χ0v) is 12.5. The van der Waals surface area contributed by atoms with Crippen LogP contribution < -0.4 is 4.74 Å². The number of ether oxygens (including phenoxy) is 2. The molecule has 1 N–H and O–H groups in total. The molecule has 0 saturated heterocycles. The predicted octanol–water partition coefficient (Wildman–Crippen LogP) is 2.75. The second-order valence-electron chi connectivity index (χ2n) is 5.40. The van der Waals surface area contributed by atoms with Gasteiger partial charge < -0.3 is 14.6 Å². The van der Waals surface area contributed by atoms with Crippen molar-refractivity contribution in [1.82, 2.24) is 0 Å². The fourth-order valence-electron chi connectivity index (χ4n) is 1.64. The van der Waals surface area contributed by atoms with E-state index in [0.717, 1.165) is 0 Å². The molecule has 1 rings (SSSR count). The van der Waals surface area contributed by atoms with Crippen molar-refractivity contribution < 1.29 is 19.4 Å². The number of esters is 1. The normalized spacial score (nSPS) is 13.8.